The number of aromatic hydroxyl groups is 1. The van der Waals surface area contributed by atoms with Crippen LogP contribution in [0.3, 0.4) is 0 Å². The molecule has 1 heterocycles. The molecule has 0 fully saturated rings. The molecule has 0 atom stereocenters. The van der Waals surface area contributed by atoms with Crippen LogP contribution in [0.2, 0.25) is 0 Å². The highest BCUT2D eigenvalue weighted by Crippen LogP contribution is 2.38. The first-order chi connectivity index (χ1) is 16.2. The van der Waals surface area contributed by atoms with E-state index in [4.69, 9.17) is 5.11 Å². The number of hydrogen-bond acceptors (Lipinski definition) is 6. The number of nitrogens with one attached hydrogen (secondary N) is 1. The number of benzene rings is 3. The summed E-state index contributed by atoms with van der Waals surface area (Å²) in [5.41, 5.74) is 4.24. The number of nitrogens with zero attached hydrogens (tertiary/aromatic N) is 3. The van der Waals surface area contributed by atoms with Gasteiger partial charge in [-0.05, 0) is 67.8 Å². The Kier molecular flexibility index (Phi) is 6.01. The van der Waals surface area contributed by atoms with Crippen molar-refractivity contribution in [2.45, 2.75) is 20.8 Å². The van der Waals surface area contributed by atoms with E-state index in [0.717, 1.165) is 11.1 Å². The van der Waals surface area contributed by atoms with Gasteiger partial charge < -0.3 is 14.9 Å². The maximum atomic E-state index is 13.0. The Morgan fingerprint density at radius 2 is 1.74 bits per heavy atom. The molecule has 1 aromatic heterocycles. The predicted molar refractivity (Wildman–Crippen MR) is 127 cm³/mol. The third-order valence-corrected chi connectivity index (χ3v) is 5.41. The first-order valence-electron chi connectivity index (χ1n) is 10.4. The Bertz CT molecular complexity index is 1480. The second kappa shape index (κ2) is 9.07. The van der Waals surface area contributed by atoms with Crippen LogP contribution in [-0.2, 0) is 0 Å². The van der Waals surface area contributed by atoms with Crippen molar-refractivity contribution in [2.75, 3.05) is 0 Å². The summed E-state index contributed by atoms with van der Waals surface area (Å²) in [5.74, 6) is -0.0485. The standard InChI is InChI=1S/C25H22N4O5/c1-14-10-11-18(12-15(14)2)29-24(31)22(16(3)28-29)27-26-21-9-5-8-20(23(21)30)17-6-4-7-19(13-17)34-25(32)33/h4-13,28,30H,1-3H3,(H,32,33). The summed E-state index contributed by atoms with van der Waals surface area (Å²) in [6, 6.07) is 16.9. The van der Waals surface area contributed by atoms with Crippen molar-refractivity contribution >= 4 is 17.5 Å². The molecule has 3 aromatic carbocycles. The molecule has 0 amide bonds. The number of carboxylic acid groups (broad SMARTS) is 1. The second-order valence-corrected chi connectivity index (χ2v) is 7.76. The number of aromatic nitrogens is 2. The number of phenolic OH excluding ortho intramolecular Hbond substituents is 1. The van der Waals surface area contributed by atoms with Gasteiger partial charge in [-0.2, -0.15) is 0 Å². The van der Waals surface area contributed by atoms with E-state index in [2.05, 4.69) is 20.1 Å². The van der Waals surface area contributed by atoms with Crippen LogP contribution in [0.4, 0.5) is 16.2 Å². The van der Waals surface area contributed by atoms with E-state index in [0.29, 0.717) is 22.5 Å². The minimum Gasteiger partial charge on any atom is -0.505 e. The first kappa shape index (κ1) is 22.5. The maximum Gasteiger partial charge on any atom is 0.511 e. The summed E-state index contributed by atoms with van der Waals surface area (Å²) in [5, 5.41) is 30.8. The summed E-state index contributed by atoms with van der Waals surface area (Å²) in [4.78, 5) is 23.8. The van der Waals surface area contributed by atoms with Crippen molar-refractivity contribution in [2.24, 2.45) is 10.2 Å². The molecule has 172 valence electrons. The zero-order valence-corrected chi connectivity index (χ0v) is 18.7. The van der Waals surface area contributed by atoms with E-state index in [1.54, 1.807) is 37.3 Å². The van der Waals surface area contributed by atoms with Crippen molar-refractivity contribution in [3.05, 3.63) is 87.8 Å². The van der Waals surface area contributed by atoms with Gasteiger partial charge in [0.25, 0.3) is 5.56 Å². The van der Waals surface area contributed by atoms with Crippen molar-refractivity contribution in [3.63, 3.8) is 0 Å². The van der Waals surface area contributed by atoms with Gasteiger partial charge in [-0.3, -0.25) is 9.89 Å². The smallest absolute Gasteiger partial charge is 0.505 e. The number of aryl methyl sites for hydroxylation is 3. The number of carbonyl (C=O) groups is 1. The summed E-state index contributed by atoms with van der Waals surface area (Å²) in [6.07, 6.45) is -1.43. The summed E-state index contributed by atoms with van der Waals surface area (Å²) in [7, 11) is 0. The molecular weight excluding hydrogens is 436 g/mol. The maximum absolute atomic E-state index is 13.0. The van der Waals surface area contributed by atoms with Crippen LogP contribution >= 0.6 is 0 Å². The Labute approximate surface area is 194 Å². The highest BCUT2D eigenvalue weighted by molar-refractivity contribution is 5.77. The Balaban J connectivity index is 1.68. The molecule has 0 saturated heterocycles. The molecular formula is C25H22N4O5. The van der Waals surface area contributed by atoms with Crippen molar-refractivity contribution in [1.29, 1.82) is 0 Å². The van der Waals surface area contributed by atoms with Gasteiger partial charge in [-0.1, -0.05) is 30.3 Å². The number of azo groups is 1. The van der Waals surface area contributed by atoms with Gasteiger partial charge >= 0.3 is 6.16 Å². The highest BCUT2D eigenvalue weighted by atomic mass is 16.7. The van der Waals surface area contributed by atoms with Crippen molar-refractivity contribution in [1.82, 2.24) is 9.78 Å². The van der Waals surface area contributed by atoms with E-state index in [-0.39, 0.29) is 28.4 Å². The normalized spacial score (nSPS) is 11.1. The number of rotatable bonds is 5. The fourth-order valence-corrected chi connectivity index (χ4v) is 3.48. The number of hydrogen-bond donors (Lipinski definition) is 3. The molecule has 0 spiro atoms. The lowest BCUT2D eigenvalue weighted by Gasteiger charge is -2.08. The Hall–Kier alpha value is -4.66. The van der Waals surface area contributed by atoms with Crippen LogP contribution < -0.4 is 10.3 Å². The minimum atomic E-state index is -1.43. The molecule has 0 radical (unpaired) electrons. The lowest BCUT2D eigenvalue weighted by atomic mass is 10.0. The van der Waals surface area contributed by atoms with Crippen LogP contribution in [0.15, 0.2) is 75.7 Å². The zero-order chi connectivity index (χ0) is 24.4. The molecule has 4 rings (SSSR count). The molecule has 34 heavy (non-hydrogen) atoms. The van der Waals surface area contributed by atoms with Gasteiger partial charge in [-0.15, -0.1) is 10.2 Å². The molecule has 0 aliphatic rings. The topological polar surface area (TPSA) is 129 Å². The summed E-state index contributed by atoms with van der Waals surface area (Å²) < 4.78 is 6.09. The Morgan fingerprint density at radius 1 is 0.971 bits per heavy atom. The molecule has 4 aromatic rings. The first-order valence-corrected chi connectivity index (χ1v) is 10.4. The molecule has 0 aliphatic heterocycles. The van der Waals surface area contributed by atoms with E-state index in [9.17, 15) is 14.7 Å². The van der Waals surface area contributed by atoms with Crippen LogP contribution in [0, 0.1) is 20.8 Å². The second-order valence-electron chi connectivity index (χ2n) is 7.76. The third kappa shape index (κ3) is 4.44. The molecule has 9 heteroatoms. The zero-order valence-electron chi connectivity index (χ0n) is 18.7. The van der Waals surface area contributed by atoms with E-state index >= 15 is 0 Å². The molecule has 3 N–H and O–H groups in total. The number of H-pyrrole nitrogens is 1. The van der Waals surface area contributed by atoms with Gasteiger partial charge in [0.2, 0.25) is 0 Å². The van der Waals surface area contributed by atoms with Gasteiger partial charge in [-0.25, -0.2) is 9.48 Å². The molecule has 0 bridgehead atoms. The lowest BCUT2D eigenvalue weighted by Crippen LogP contribution is -2.14. The van der Waals surface area contributed by atoms with Gasteiger partial charge in [0.1, 0.15) is 11.4 Å². The number of para-hydroxylation sites is 1. The lowest BCUT2D eigenvalue weighted by molar-refractivity contribution is 0.144. The fraction of sp³-hybridized carbons (Fsp3) is 0.120. The van der Waals surface area contributed by atoms with Crippen LogP contribution in [0.25, 0.3) is 16.8 Å². The van der Waals surface area contributed by atoms with Crippen molar-refractivity contribution < 1.29 is 19.7 Å². The van der Waals surface area contributed by atoms with Gasteiger partial charge in [0, 0.05) is 5.56 Å². The third-order valence-electron chi connectivity index (χ3n) is 5.41. The number of ether oxygens (including phenoxy) is 1. The molecule has 9 nitrogen and oxygen atoms in total. The van der Waals surface area contributed by atoms with E-state index in [1.165, 1.54) is 16.8 Å². The molecule has 0 saturated carbocycles. The highest BCUT2D eigenvalue weighted by Gasteiger charge is 2.14. The van der Waals surface area contributed by atoms with E-state index in [1.807, 2.05) is 32.0 Å². The van der Waals surface area contributed by atoms with Gasteiger partial charge in [0.05, 0.1) is 11.4 Å². The quantitative estimate of drug-likeness (QED) is 0.194. The largest absolute Gasteiger partial charge is 0.511 e. The average molecular weight is 458 g/mol. The fourth-order valence-electron chi connectivity index (χ4n) is 3.48. The molecule has 0 unspecified atom stereocenters. The Morgan fingerprint density at radius 3 is 2.47 bits per heavy atom. The van der Waals surface area contributed by atoms with Crippen LogP contribution in [0.5, 0.6) is 11.5 Å². The number of phenols is 1. The van der Waals surface area contributed by atoms with Crippen LogP contribution in [0.1, 0.15) is 16.8 Å². The van der Waals surface area contributed by atoms with Gasteiger partial charge in [0.15, 0.2) is 11.4 Å². The monoisotopic (exact) mass is 458 g/mol. The molecule has 0 aliphatic carbocycles. The number of aromatic amines is 1. The summed E-state index contributed by atoms with van der Waals surface area (Å²) in [6.45, 7) is 5.69. The van der Waals surface area contributed by atoms with Crippen molar-refractivity contribution in [3.8, 4) is 28.3 Å². The summed E-state index contributed by atoms with van der Waals surface area (Å²) >= 11 is 0. The predicted octanol–water partition coefficient (Wildman–Crippen LogP) is 5.94. The van der Waals surface area contributed by atoms with E-state index < -0.39 is 6.16 Å². The average Bonchev–Trinajstić information content (AvgIpc) is 3.08. The van der Waals surface area contributed by atoms with Crippen LogP contribution in [-0.4, -0.2) is 26.1 Å². The minimum absolute atomic E-state index is 0.117. The SMILES string of the molecule is Cc1ccc(-n2[nH]c(C)c(N=Nc3cccc(-c4cccc(OC(=O)O)c4)c3O)c2=O)cc1C.